The monoisotopic (exact) mass is 717 g/mol. The van der Waals surface area contributed by atoms with Crippen molar-refractivity contribution >= 4 is 53.4 Å². The summed E-state index contributed by atoms with van der Waals surface area (Å²) in [4.78, 5) is 90.4. The number of rotatable bonds is 31. The number of nitrogens with one attached hydrogen (secondary N) is 2. The van der Waals surface area contributed by atoms with Gasteiger partial charge in [-0.25, -0.2) is 9.59 Å². The highest BCUT2D eigenvalue weighted by Gasteiger charge is 2.34. The van der Waals surface area contributed by atoms with E-state index < -0.39 is 79.5 Å². The van der Waals surface area contributed by atoms with Crippen molar-refractivity contribution in [1.29, 1.82) is 0 Å². The van der Waals surface area contributed by atoms with E-state index in [2.05, 4.69) is 17.6 Å². The van der Waals surface area contributed by atoms with Crippen molar-refractivity contribution in [2.45, 2.75) is 154 Å². The van der Waals surface area contributed by atoms with Crippen LogP contribution in [0.1, 0.15) is 142 Å². The van der Waals surface area contributed by atoms with E-state index in [4.69, 9.17) is 15.1 Å². The first-order chi connectivity index (χ1) is 23.4. The van der Waals surface area contributed by atoms with Gasteiger partial charge >= 0.3 is 23.9 Å². The Bertz CT molecular complexity index is 1010. The number of carbonyl (C=O) groups is 7. The molecule has 0 aliphatic heterocycles. The van der Waals surface area contributed by atoms with Crippen molar-refractivity contribution in [3.63, 3.8) is 0 Å². The van der Waals surface area contributed by atoms with Gasteiger partial charge in [0.1, 0.15) is 6.04 Å². The van der Waals surface area contributed by atoms with Crippen molar-refractivity contribution in [1.82, 2.24) is 15.7 Å². The Labute approximate surface area is 294 Å². The molecule has 0 aromatic heterocycles. The molecular formula is C34H59N3O11S. The highest BCUT2D eigenvalue weighted by Crippen LogP contribution is 2.15. The SMILES string of the molecule is CCCCCCCCCCCCCCCC(=O)ON(C(=O)CNC(=O)[C@H](CCC(=O)O)NC(=O)CCSCCC)[C@H](CCC(=O)O)C(=O)O. The number of thioether (sulfide) groups is 1. The van der Waals surface area contributed by atoms with Crippen molar-refractivity contribution in [2.75, 3.05) is 18.1 Å². The smallest absolute Gasteiger partial charge is 0.332 e. The highest BCUT2D eigenvalue weighted by molar-refractivity contribution is 7.99. The topological polar surface area (TPSA) is 217 Å². The molecule has 0 fully saturated rings. The molecule has 3 amide bonds. The van der Waals surface area contributed by atoms with Crippen LogP contribution < -0.4 is 10.6 Å². The van der Waals surface area contributed by atoms with E-state index in [1.807, 2.05) is 6.92 Å². The highest BCUT2D eigenvalue weighted by atomic mass is 32.2. The molecule has 0 bridgehead atoms. The average molecular weight is 718 g/mol. The quantitative estimate of drug-likeness (QED) is 0.0469. The van der Waals surface area contributed by atoms with E-state index >= 15 is 0 Å². The molecule has 0 aliphatic rings. The molecule has 0 rings (SSSR count). The molecule has 49 heavy (non-hydrogen) atoms. The van der Waals surface area contributed by atoms with Crippen LogP contribution in [-0.2, 0) is 38.4 Å². The molecule has 0 saturated carbocycles. The summed E-state index contributed by atoms with van der Waals surface area (Å²) in [6.45, 7) is 3.34. The molecule has 0 spiro atoms. The zero-order chi connectivity index (χ0) is 36.9. The third-order valence-corrected chi connectivity index (χ3v) is 8.85. The summed E-state index contributed by atoms with van der Waals surface area (Å²) in [5.41, 5.74) is 0. The number of hydrogen-bond acceptors (Lipinski definition) is 9. The molecule has 0 aliphatic carbocycles. The number of aliphatic carboxylic acids is 3. The van der Waals surface area contributed by atoms with Crippen LogP contribution in [0.15, 0.2) is 0 Å². The molecule has 0 heterocycles. The lowest BCUT2D eigenvalue weighted by atomic mass is 10.0. The van der Waals surface area contributed by atoms with Crippen molar-refractivity contribution in [2.24, 2.45) is 0 Å². The standard InChI is InChI=1S/C34H59N3O11S/c1-3-5-6-7-8-9-10-11-12-13-14-15-16-17-32(44)48-37(27(34(46)47)19-21-31(42)43)29(39)25-35-33(45)26(18-20-30(40)41)36-28(38)22-24-49-23-4-2/h26-27H,3-25H2,1-2H3,(H,35,45)(H,36,38)(H,40,41)(H,42,43)(H,46,47)/t26-,27+/m0/s1. The van der Waals surface area contributed by atoms with E-state index in [1.54, 1.807) is 11.8 Å². The van der Waals surface area contributed by atoms with Crippen LogP contribution >= 0.6 is 11.8 Å². The van der Waals surface area contributed by atoms with Crippen LogP contribution in [0.4, 0.5) is 0 Å². The first kappa shape index (κ1) is 45.6. The van der Waals surface area contributed by atoms with Gasteiger partial charge in [0, 0.05) is 31.4 Å². The number of hydroxylamine groups is 2. The van der Waals surface area contributed by atoms with Crippen LogP contribution in [0.2, 0.25) is 0 Å². The Hall–Kier alpha value is -3.36. The van der Waals surface area contributed by atoms with Crippen LogP contribution in [0.3, 0.4) is 0 Å². The minimum Gasteiger partial charge on any atom is -0.481 e. The summed E-state index contributed by atoms with van der Waals surface area (Å²) in [6, 6.07) is -3.12. The minimum atomic E-state index is -1.83. The maximum Gasteiger partial charge on any atom is 0.332 e. The maximum atomic E-state index is 13.1. The van der Waals surface area contributed by atoms with Crippen LogP contribution in [0.25, 0.3) is 0 Å². The first-order valence-electron chi connectivity index (χ1n) is 17.8. The second kappa shape index (κ2) is 29.5. The van der Waals surface area contributed by atoms with Gasteiger partial charge in [0.2, 0.25) is 11.8 Å². The molecule has 5 N–H and O–H groups in total. The Morgan fingerprint density at radius 1 is 0.653 bits per heavy atom. The number of hydrogen-bond donors (Lipinski definition) is 5. The predicted molar refractivity (Wildman–Crippen MR) is 186 cm³/mol. The van der Waals surface area contributed by atoms with Gasteiger partial charge < -0.3 is 30.8 Å². The summed E-state index contributed by atoms with van der Waals surface area (Å²) < 4.78 is 0. The summed E-state index contributed by atoms with van der Waals surface area (Å²) in [5.74, 6) is -6.17. The molecule has 0 unspecified atom stereocenters. The molecular weight excluding hydrogens is 658 g/mol. The van der Waals surface area contributed by atoms with Gasteiger partial charge in [-0.1, -0.05) is 90.9 Å². The molecule has 15 heteroatoms. The van der Waals surface area contributed by atoms with E-state index in [-0.39, 0.29) is 24.3 Å². The fourth-order valence-electron chi connectivity index (χ4n) is 4.91. The number of carboxylic acid groups (broad SMARTS) is 3. The summed E-state index contributed by atoms with van der Waals surface area (Å²) in [6.07, 6.45) is 13.3. The number of carbonyl (C=O) groups excluding carboxylic acids is 4. The van der Waals surface area contributed by atoms with Gasteiger partial charge in [-0.15, -0.1) is 0 Å². The largest absolute Gasteiger partial charge is 0.481 e. The minimum absolute atomic E-state index is 0.0906. The molecule has 282 valence electrons. The zero-order valence-corrected chi connectivity index (χ0v) is 30.2. The van der Waals surface area contributed by atoms with Crippen LogP contribution in [0, 0.1) is 0 Å². The van der Waals surface area contributed by atoms with Gasteiger partial charge in [-0.05, 0) is 31.4 Å². The first-order valence-corrected chi connectivity index (χ1v) is 18.9. The van der Waals surface area contributed by atoms with Crippen molar-refractivity contribution < 1.29 is 53.7 Å². The second-order valence-corrected chi connectivity index (χ2v) is 13.3. The van der Waals surface area contributed by atoms with Crippen LogP contribution in [0.5, 0.6) is 0 Å². The van der Waals surface area contributed by atoms with Gasteiger partial charge in [0.25, 0.3) is 5.91 Å². The van der Waals surface area contributed by atoms with E-state index in [0.29, 0.717) is 12.2 Å². The lowest BCUT2D eigenvalue weighted by Gasteiger charge is -2.27. The number of nitrogens with zero attached hydrogens (tertiary/aromatic N) is 1. The molecule has 14 nitrogen and oxygen atoms in total. The molecule has 0 aromatic rings. The second-order valence-electron chi connectivity index (χ2n) is 12.1. The fraction of sp³-hybridized carbons (Fsp3) is 0.794. The Kier molecular flexibility index (Phi) is 27.5. The summed E-state index contributed by atoms with van der Waals surface area (Å²) >= 11 is 1.55. The number of carboxylic acids is 3. The third-order valence-electron chi connectivity index (χ3n) is 7.66. The van der Waals surface area contributed by atoms with Gasteiger partial charge in [-0.3, -0.25) is 24.0 Å². The summed E-state index contributed by atoms with van der Waals surface area (Å²) in [5, 5.41) is 32.9. The Morgan fingerprint density at radius 2 is 1.18 bits per heavy atom. The molecule has 0 aromatic carbocycles. The van der Waals surface area contributed by atoms with Crippen molar-refractivity contribution in [3.8, 4) is 0 Å². The predicted octanol–water partition coefficient (Wildman–Crippen LogP) is 5.07. The lowest BCUT2D eigenvalue weighted by Crippen LogP contribution is -2.52. The Morgan fingerprint density at radius 3 is 1.69 bits per heavy atom. The van der Waals surface area contributed by atoms with Gasteiger partial charge in [-0.2, -0.15) is 16.8 Å². The van der Waals surface area contributed by atoms with Crippen molar-refractivity contribution in [3.05, 3.63) is 0 Å². The van der Waals surface area contributed by atoms with E-state index in [9.17, 15) is 38.7 Å². The molecule has 0 saturated heterocycles. The zero-order valence-electron chi connectivity index (χ0n) is 29.4. The number of unbranched alkanes of at least 4 members (excludes halogenated alkanes) is 12. The average Bonchev–Trinajstić information content (AvgIpc) is 3.05. The van der Waals surface area contributed by atoms with E-state index in [0.717, 1.165) is 37.9 Å². The molecule has 2 atom stereocenters. The van der Waals surface area contributed by atoms with E-state index in [1.165, 1.54) is 51.4 Å². The molecule has 0 radical (unpaired) electrons. The fourth-order valence-corrected chi connectivity index (χ4v) is 5.73. The summed E-state index contributed by atoms with van der Waals surface area (Å²) in [7, 11) is 0. The third kappa shape index (κ3) is 25.3. The van der Waals surface area contributed by atoms with Gasteiger partial charge in [0.05, 0.1) is 6.54 Å². The van der Waals surface area contributed by atoms with Crippen LogP contribution in [-0.4, -0.2) is 92.1 Å². The lowest BCUT2D eigenvalue weighted by molar-refractivity contribution is -0.211. The number of amides is 3. The van der Waals surface area contributed by atoms with Gasteiger partial charge in [0.15, 0.2) is 6.04 Å². The Balaban J connectivity index is 5.11. The normalized spacial score (nSPS) is 12.0. The maximum absolute atomic E-state index is 13.1.